The first-order chi connectivity index (χ1) is 9.61. The Balaban J connectivity index is 2.25. The molecule has 2 heterocycles. The van der Waals surface area contributed by atoms with Crippen molar-refractivity contribution in [2.45, 2.75) is 19.6 Å². The van der Waals surface area contributed by atoms with Crippen molar-refractivity contribution in [1.29, 1.82) is 0 Å². The van der Waals surface area contributed by atoms with Gasteiger partial charge in [0.1, 0.15) is 23.6 Å². The van der Waals surface area contributed by atoms with Crippen LogP contribution in [0.1, 0.15) is 12.7 Å². The Kier molecular flexibility index (Phi) is 5.11. The Morgan fingerprint density at radius 1 is 1.65 bits per heavy atom. The van der Waals surface area contributed by atoms with Gasteiger partial charge in [0.25, 0.3) is 0 Å². The molecule has 8 heteroatoms. The standard InChI is InChI=1S/C12H17ClN4O3/c1-2-19-7-10-15-9(13)5-11(16-10)17-3-4-20-6-8(17)12(14)18/h5,8H,2-4,6-7H2,1H3,(H2,14,18). The Morgan fingerprint density at radius 2 is 2.45 bits per heavy atom. The molecule has 7 nitrogen and oxygen atoms in total. The van der Waals surface area contributed by atoms with E-state index < -0.39 is 11.9 Å². The van der Waals surface area contributed by atoms with E-state index in [4.69, 9.17) is 26.8 Å². The molecule has 1 aliphatic rings. The van der Waals surface area contributed by atoms with E-state index in [2.05, 4.69) is 9.97 Å². The molecule has 0 bridgehead atoms. The minimum Gasteiger partial charge on any atom is -0.377 e. The molecular formula is C12H17ClN4O3. The minimum atomic E-state index is -0.547. The van der Waals surface area contributed by atoms with Gasteiger partial charge in [0.05, 0.1) is 13.2 Å². The van der Waals surface area contributed by atoms with E-state index >= 15 is 0 Å². The molecule has 0 spiro atoms. The normalized spacial score (nSPS) is 19.1. The van der Waals surface area contributed by atoms with Gasteiger partial charge in [-0.05, 0) is 6.92 Å². The van der Waals surface area contributed by atoms with Gasteiger partial charge in [0.15, 0.2) is 5.82 Å². The molecule has 1 aliphatic heterocycles. The molecule has 2 rings (SSSR count). The van der Waals surface area contributed by atoms with Crippen LogP contribution in [0.5, 0.6) is 0 Å². The first-order valence-corrected chi connectivity index (χ1v) is 6.74. The summed E-state index contributed by atoms with van der Waals surface area (Å²) in [7, 11) is 0. The monoisotopic (exact) mass is 300 g/mol. The lowest BCUT2D eigenvalue weighted by Crippen LogP contribution is -2.53. The van der Waals surface area contributed by atoms with Crippen LogP contribution in [0.3, 0.4) is 0 Å². The van der Waals surface area contributed by atoms with E-state index in [1.54, 1.807) is 11.0 Å². The van der Waals surface area contributed by atoms with Crippen LogP contribution in [-0.2, 0) is 20.9 Å². The molecule has 1 atom stereocenters. The third-order valence-corrected chi connectivity index (χ3v) is 3.11. The summed E-state index contributed by atoms with van der Waals surface area (Å²) in [5, 5.41) is 0.305. The highest BCUT2D eigenvalue weighted by Gasteiger charge is 2.29. The predicted molar refractivity (Wildman–Crippen MR) is 73.5 cm³/mol. The SMILES string of the molecule is CCOCc1nc(Cl)cc(N2CCOCC2C(N)=O)n1. The fourth-order valence-corrected chi connectivity index (χ4v) is 2.17. The van der Waals surface area contributed by atoms with Crippen molar-refractivity contribution >= 4 is 23.3 Å². The molecular weight excluding hydrogens is 284 g/mol. The lowest BCUT2D eigenvalue weighted by atomic mass is 10.2. The van der Waals surface area contributed by atoms with E-state index in [-0.39, 0.29) is 13.2 Å². The number of carbonyl (C=O) groups excluding carboxylic acids is 1. The zero-order valence-corrected chi connectivity index (χ0v) is 12.0. The molecule has 1 aromatic rings. The number of anilines is 1. The summed E-state index contributed by atoms with van der Waals surface area (Å²) < 4.78 is 10.5. The van der Waals surface area contributed by atoms with E-state index in [1.807, 2.05) is 6.92 Å². The molecule has 1 fully saturated rings. The van der Waals surface area contributed by atoms with Crippen LogP contribution in [0, 0.1) is 0 Å². The lowest BCUT2D eigenvalue weighted by Gasteiger charge is -2.34. The fraction of sp³-hybridized carbons (Fsp3) is 0.583. The summed E-state index contributed by atoms with van der Waals surface area (Å²) in [6.45, 7) is 4.00. The number of carbonyl (C=O) groups is 1. The topological polar surface area (TPSA) is 90.6 Å². The third-order valence-electron chi connectivity index (χ3n) is 2.91. The summed E-state index contributed by atoms with van der Waals surface area (Å²) >= 11 is 5.99. The highest BCUT2D eigenvalue weighted by atomic mass is 35.5. The second kappa shape index (κ2) is 6.83. The third kappa shape index (κ3) is 3.56. The van der Waals surface area contributed by atoms with Gasteiger partial charge in [-0.1, -0.05) is 11.6 Å². The van der Waals surface area contributed by atoms with Crippen molar-refractivity contribution in [3.8, 4) is 0 Å². The molecule has 20 heavy (non-hydrogen) atoms. The van der Waals surface area contributed by atoms with Crippen LogP contribution < -0.4 is 10.6 Å². The maximum Gasteiger partial charge on any atom is 0.242 e. The maximum absolute atomic E-state index is 11.5. The summed E-state index contributed by atoms with van der Waals surface area (Å²) in [6, 6.07) is 1.06. The first-order valence-electron chi connectivity index (χ1n) is 6.36. The second-order valence-electron chi connectivity index (χ2n) is 4.29. The molecule has 1 aromatic heterocycles. The van der Waals surface area contributed by atoms with Crippen LogP contribution >= 0.6 is 11.6 Å². The number of nitrogens with two attached hydrogens (primary N) is 1. The number of hydrogen-bond acceptors (Lipinski definition) is 6. The summed E-state index contributed by atoms with van der Waals surface area (Å²) in [5.74, 6) is 0.585. The molecule has 0 aliphatic carbocycles. The van der Waals surface area contributed by atoms with Crippen LogP contribution in [0.15, 0.2) is 6.07 Å². The Morgan fingerprint density at radius 3 is 3.15 bits per heavy atom. The van der Waals surface area contributed by atoms with Crippen LogP contribution in [-0.4, -0.2) is 48.3 Å². The van der Waals surface area contributed by atoms with Crippen LogP contribution in [0.25, 0.3) is 0 Å². The lowest BCUT2D eigenvalue weighted by molar-refractivity contribution is -0.121. The molecule has 0 radical (unpaired) electrons. The summed E-state index contributed by atoms with van der Waals surface area (Å²) in [5.41, 5.74) is 5.39. The number of amides is 1. The average molecular weight is 301 g/mol. The van der Waals surface area contributed by atoms with Crippen molar-refractivity contribution < 1.29 is 14.3 Å². The average Bonchev–Trinajstić information content (AvgIpc) is 2.44. The van der Waals surface area contributed by atoms with Crippen molar-refractivity contribution in [3.05, 3.63) is 17.0 Å². The Labute approximate surface area is 122 Å². The predicted octanol–water partition coefficient (Wildman–Crippen LogP) is 0.357. The second-order valence-corrected chi connectivity index (χ2v) is 4.68. The quantitative estimate of drug-likeness (QED) is 0.790. The van der Waals surface area contributed by atoms with Crippen molar-refractivity contribution in [3.63, 3.8) is 0 Å². The van der Waals surface area contributed by atoms with Gasteiger partial charge in [-0.2, -0.15) is 0 Å². The number of hydrogen-bond donors (Lipinski definition) is 1. The van der Waals surface area contributed by atoms with E-state index in [0.717, 1.165) is 0 Å². The Bertz CT molecular complexity index is 486. The van der Waals surface area contributed by atoms with Crippen LogP contribution in [0.4, 0.5) is 5.82 Å². The molecule has 110 valence electrons. The smallest absolute Gasteiger partial charge is 0.242 e. The zero-order valence-electron chi connectivity index (χ0n) is 11.2. The largest absolute Gasteiger partial charge is 0.377 e. The number of ether oxygens (including phenoxy) is 2. The molecule has 2 N–H and O–H groups in total. The number of nitrogens with zero attached hydrogens (tertiary/aromatic N) is 3. The highest BCUT2D eigenvalue weighted by molar-refractivity contribution is 6.29. The molecule has 1 amide bonds. The number of primary amides is 1. The van der Waals surface area contributed by atoms with Gasteiger partial charge >= 0.3 is 0 Å². The fourth-order valence-electron chi connectivity index (χ4n) is 1.97. The van der Waals surface area contributed by atoms with Gasteiger partial charge in [-0.3, -0.25) is 4.79 Å². The maximum atomic E-state index is 11.5. The molecule has 1 unspecified atom stereocenters. The van der Waals surface area contributed by atoms with Crippen molar-refractivity contribution in [2.75, 3.05) is 31.3 Å². The molecule has 0 aromatic carbocycles. The molecule has 1 saturated heterocycles. The first kappa shape index (κ1) is 15.0. The van der Waals surface area contributed by atoms with E-state index in [0.29, 0.717) is 36.6 Å². The van der Waals surface area contributed by atoms with Crippen LogP contribution in [0.2, 0.25) is 5.15 Å². The van der Waals surface area contributed by atoms with Crippen molar-refractivity contribution in [1.82, 2.24) is 9.97 Å². The van der Waals surface area contributed by atoms with E-state index in [9.17, 15) is 4.79 Å². The number of rotatable bonds is 5. The van der Waals surface area contributed by atoms with Gasteiger partial charge in [-0.25, -0.2) is 9.97 Å². The van der Waals surface area contributed by atoms with Gasteiger partial charge < -0.3 is 20.1 Å². The van der Waals surface area contributed by atoms with Gasteiger partial charge in [0.2, 0.25) is 5.91 Å². The van der Waals surface area contributed by atoms with E-state index in [1.165, 1.54) is 0 Å². The van der Waals surface area contributed by atoms with Gasteiger partial charge in [0, 0.05) is 19.2 Å². The number of morpholine rings is 1. The summed E-state index contributed by atoms with van der Waals surface area (Å²) in [6.07, 6.45) is 0. The number of halogens is 1. The number of aromatic nitrogens is 2. The zero-order chi connectivity index (χ0) is 14.5. The molecule has 0 saturated carbocycles. The summed E-state index contributed by atoms with van der Waals surface area (Å²) in [4.78, 5) is 21.7. The Hall–Kier alpha value is -1.44. The van der Waals surface area contributed by atoms with Gasteiger partial charge in [-0.15, -0.1) is 0 Å². The highest BCUT2D eigenvalue weighted by Crippen LogP contribution is 2.20. The van der Waals surface area contributed by atoms with Crippen molar-refractivity contribution in [2.24, 2.45) is 5.73 Å². The minimum absolute atomic E-state index is 0.248.